The number of nitro groups is 1. The molecule has 1 heterocycles. The van der Waals surface area contributed by atoms with E-state index in [0.29, 0.717) is 17.6 Å². The number of hydrogen-bond donors (Lipinski definition) is 1. The topological polar surface area (TPSA) is 73.6 Å². The lowest BCUT2D eigenvalue weighted by molar-refractivity contribution is -0.384. The molecule has 0 aromatic heterocycles. The van der Waals surface area contributed by atoms with Gasteiger partial charge >= 0.3 is 6.18 Å². The second-order valence-corrected chi connectivity index (χ2v) is 5.03. The Labute approximate surface area is 134 Å². The van der Waals surface area contributed by atoms with Gasteiger partial charge in [0.05, 0.1) is 10.5 Å². The van der Waals surface area contributed by atoms with Crippen molar-refractivity contribution in [3.05, 3.63) is 57.6 Å². The third kappa shape index (κ3) is 3.19. The van der Waals surface area contributed by atoms with Crippen LogP contribution in [-0.4, -0.2) is 11.7 Å². The zero-order chi connectivity index (χ0) is 17.3. The molecule has 6 nitrogen and oxygen atoms in total. The molecule has 0 atom stereocenters. The third-order valence-electron chi connectivity index (χ3n) is 3.44. The highest BCUT2D eigenvalue weighted by molar-refractivity contribution is 5.63. The van der Waals surface area contributed by atoms with Crippen LogP contribution in [-0.2, 0) is 12.7 Å². The van der Waals surface area contributed by atoms with Crippen molar-refractivity contribution in [2.24, 2.45) is 0 Å². The van der Waals surface area contributed by atoms with Crippen molar-refractivity contribution in [2.75, 3.05) is 12.1 Å². The molecule has 0 spiro atoms. The fraction of sp³-hybridized carbons (Fsp3) is 0.200. The molecule has 2 aromatic carbocycles. The minimum atomic E-state index is -4.64. The Morgan fingerprint density at radius 1 is 1.12 bits per heavy atom. The molecule has 3 rings (SSSR count). The highest BCUT2D eigenvalue weighted by atomic mass is 19.4. The molecule has 0 radical (unpaired) electrons. The Hall–Kier alpha value is -2.97. The first kappa shape index (κ1) is 15.9. The number of hydrogen-bond acceptors (Lipinski definition) is 5. The number of benzene rings is 2. The number of rotatable bonds is 4. The monoisotopic (exact) mass is 340 g/mol. The Balaban J connectivity index is 1.81. The van der Waals surface area contributed by atoms with E-state index in [9.17, 15) is 23.3 Å². The standard InChI is InChI=1S/C15H11F3N2O4/c16-15(17,18)10-2-3-11(12(6-10)20(21)22)19-7-9-1-4-13-14(5-9)24-8-23-13/h1-6,19H,7-8H2. The van der Waals surface area contributed by atoms with Crippen molar-refractivity contribution < 1.29 is 27.6 Å². The summed E-state index contributed by atoms with van der Waals surface area (Å²) in [6.07, 6.45) is -4.64. The summed E-state index contributed by atoms with van der Waals surface area (Å²) in [5.41, 5.74) is -0.951. The lowest BCUT2D eigenvalue weighted by atomic mass is 10.1. The molecule has 0 bridgehead atoms. The van der Waals surface area contributed by atoms with E-state index in [1.165, 1.54) is 0 Å². The van der Waals surface area contributed by atoms with E-state index in [4.69, 9.17) is 9.47 Å². The smallest absolute Gasteiger partial charge is 0.416 e. The average Bonchev–Trinajstić information content (AvgIpc) is 2.99. The van der Waals surface area contributed by atoms with E-state index < -0.39 is 22.4 Å². The maximum atomic E-state index is 12.7. The highest BCUT2D eigenvalue weighted by Crippen LogP contribution is 2.36. The van der Waals surface area contributed by atoms with Crippen molar-refractivity contribution in [3.63, 3.8) is 0 Å². The lowest BCUT2D eigenvalue weighted by Crippen LogP contribution is -2.08. The summed E-state index contributed by atoms with van der Waals surface area (Å²) in [4.78, 5) is 10.2. The molecular formula is C15H11F3N2O4. The average molecular weight is 340 g/mol. The number of alkyl halides is 3. The first-order chi connectivity index (χ1) is 11.3. The molecule has 126 valence electrons. The van der Waals surface area contributed by atoms with Gasteiger partial charge in [0, 0.05) is 12.6 Å². The summed E-state index contributed by atoms with van der Waals surface area (Å²) in [6, 6.07) is 7.49. The Morgan fingerprint density at radius 3 is 2.58 bits per heavy atom. The van der Waals surface area contributed by atoms with Crippen molar-refractivity contribution in [1.82, 2.24) is 0 Å². The number of nitrogens with one attached hydrogen (secondary N) is 1. The fourth-order valence-corrected chi connectivity index (χ4v) is 2.26. The molecule has 2 aromatic rings. The van der Waals surface area contributed by atoms with E-state index in [1.54, 1.807) is 18.2 Å². The molecule has 0 fully saturated rings. The normalized spacial score (nSPS) is 13.0. The van der Waals surface area contributed by atoms with Crippen LogP contribution >= 0.6 is 0 Å². The minimum absolute atomic E-state index is 0.00525. The summed E-state index contributed by atoms with van der Waals surface area (Å²) < 4.78 is 48.4. The molecular weight excluding hydrogens is 329 g/mol. The van der Waals surface area contributed by atoms with E-state index in [-0.39, 0.29) is 19.0 Å². The number of anilines is 1. The number of nitro benzene ring substituents is 1. The number of ether oxygens (including phenoxy) is 2. The number of nitrogens with zero attached hydrogens (tertiary/aromatic N) is 1. The van der Waals surface area contributed by atoms with Crippen LogP contribution in [0.2, 0.25) is 0 Å². The Morgan fingerprint density at radius 2 is 1.88 bits per heavy atom. The van der Waals surface area contributed by atoms with Gasteiger partial charge in [-0.05, 0) is 29.8 Å². The SMILES string of the molecule is O=[N+]([O-])c1cc(C(F)(F)F)ccc1NCc1ccc2c(c1)OCO2. The van der Waals surface area contributed by atoms with Gasteiger partial charge in [0.15, 0.2) is 11.5 Å². The highest BCUT2D eigenvalue weighted by Gasteiger charge is 2.33. The van der Waals surface area contributed by atoms with E-state index in [0.717, 1.165) is 17.7 Å². The van der Waals surface area contributed by atoms with Gasteiger partial charge in [0.2, 0.25) is 6.79 Å². The summed E-state index contributed by atoms with van der Waals surface area (Å²) in [5, 5.41) is 13.8. The predicted molar refractivity (Wildman–Crippen MR) is 78.0 cm³/mol. The third-order valence-corrected chi connectivity index (χ3v) is 3.44. The molecule has 0 unspecified atom stereocenters. The molecule has 9 heteroatoms. The summed E-state index contributed by atoms with van der Waals surface area (Å²) >= 11 is 0. The van der Waals surface area contributed by atoms with Crippen LogP contribution in [0.5, 0.6) is 11.5 Å². The Bertz CT molecular complexity index is 793. The second kappa shape index (κ2) is 5.91. The predicted octanol–water partition coefficient (Wildman–Crippen LogP) is 3.95. The van der Waals surface area contributed by atoms with Gasteiger partial charge in [0.1, 0.15) is 5.69 Å². The molecule has 0 aliphatic carbocycles. The van der Waals surface area contributed by atoms with E-state index in [2.05, 4.69) is 5.32 Å². The van der Waals surface area contributed by atoms with Gasteiger partial charge in [-0.3, -0.25) is 10.1 Å². The van der Waals surface area contributed by atoms with Crippen LogP contribution in [0.25, 0.3) is 0 Å². The second-order valence-electron chi connectivity index (χ2n) is 5.03. The molecule has 1 aliphatic heterocycles. The minimum Gasteiger partial charge on any atom is -0.454 e. The molecule has 1 aliphatic rings. The van der Waals surface area contributed by atoms with E-state index in [1.807, 2.05) is 0 Å². The number of fused-ring (bicyclic) bond motifs is 1. The van der Waals surface area contributed by atoms with Gasteiger partial charge < -0.3 is 14.8 Å². The van der Waals surface area contributed by atoms with Gasteiger partial charge in [0.25, 0.3) is 5.69 Å². The fourth-order valence-electron chi connectivity index (χ4n) is 2.26. The lowest BCUT2D eigenvalue weighted by Gasteiger charge is -2.11. The quantitative estimate of drug-likeness (QED) is 0.674. The molecule has 1 N–H and O–H groups in total. The van der Waals surface area contributed by atoms with Gasteiger partial charge in [-0.2, -0.15) is 13.2 Å². The summed E-state index contributed by atoms with van der Waals surface area (Å²) in [6.45, 7) is 0.305. The van der Waals surface area contributed by atoms with Crippen molar-refractivity contribution in [3.8, 4) is 11.5 Å². The largest absolute Gasteiger partial charge is 0.454 e. The van der Waals surface area contributed by atoms with Crippen LogP contribution in [0.3, 0.4) is 0 Å². The van der Waals surface area contributed by atoms with Crippen LogP contribution in [0.15, 0.2) is 36.4 Å². The van der Waals surface area contributed by atoms with Crippen LogP contribution in [0.1, 0.15) is 11.1 Å². The maximum absolute atomic E-state index is 12.7. The van der Waals surface area contributed by atoms with Gasteiger partial charge in [-0.15, -0.1) is 0 Å². The summed E-state index contributed by atoms with van der Waals surface area (Å²) in [7, 11) is 0. The van der Waals surface area contributed by atoms with E-state index >= 15 is 0 Å². The zero-order valence-corrected chi connectivity index (χ0v) is 12.1. The first-order valence-electron chi connectivity index (χ1n) is 6.82. The summed E-state index contributed by atoms with van der Waals surface area (Å²) in [5.74, 6) is 1.15. The molecule has 0 amide bonds. The molecule has 0 saturated carbocycles. The van der Waals surface area contributed by atoms with Crippen molar-refractivity contribution in [2.45, 2.75) is 12.7 Å². The Kier molecular flexibility index (Phi) is 3.92. The van der Waals surface area contributed by atoms with Gasteiger partial charge in [-0.25, -0.2) is 0 Å². The zero-order valence-electron chi connectivity index (χ0n) is 12.1. The molecule has 24 heavy (non-hydrogen) atoms. The van der Waals surface area contributed by atoms with Gasteiger partial charge in [-0.1, -0.05) is 6.07 Å². The van der Waals surface area contributed by atoms with Crippen LogP contribution in [0.4, 0.5) is 24.5 Å². The van der Waals surface area contributed by atoms with Crippen molar-refractivity contribution >= 4 is 11.4 Å². The van der Waals surface area contributed by atoms with Crippen LogP contribution < -0.4 is 14.8 Å². The molecule has 0 saturated heterocycles. The first-order valence-corrected chi connectivity index (χ1v) is 6.82. The van der Waals surface area contributed by atoms with Crippen molar-refractivity contribution in [1.29, 1.82) is 0 Å². The number of halogens is 3. The maximum Gasteiger partial charge on any atom is 0.416 e. The van der Waals surface area contributed by atoms with Crippen LogP contribution in [0, 0.1) is 10.1 Å².